The highest BCUT2D eigenvalue weighted by Crippen LogP contribution is 2.41. The number of alkyl halides is 2. The molecule has 1 spiro atoms. The number of sulfone groups is 1. The molecular weight excluding hydrogens is 410 g/mol. The summed E-state index contributed by atoms with van der Waals surface area (Å²) in [5.41, 5.74) is -1.90. The van der Waals surface area contributed by atoms with E-state index in [9.17, 15) is 22.0 Å². The minimum atomic E-state index is -4.09. The highest BCUT2D eigenvalue weighted by Gasteiger charge is 2.63. The van der Waals surface area contributed by atoms with Gasteiger partial charge < -0.3 is 19.5 Å². The monoisotopic (exact) mass is 434 g/mol. The molecule has 2 aliphatic heterocycles. The van der Waals surface area contributed by atoms with Crippen LogP contribution in [0.15, 0.2) is 29.2 Å². The van der Waals surface area contributed by atoms with E-state index in [1.165, 1.54) is 12.1 Å². The maximum absolute atomic E-state index is 13.4. The van der Waals surface area contributed by atoms with Crippen molar-refractivity contribution in [1.29, 1.82) is 0 Å². The summed E-state index contributed by atoms with van der Waals surface area (Å²) >= 11 is 0. The van der Waals surface area contributed by atoms with Gasteiger partial charge in [0.1, 0.15) is 17.0 Å². The molecule has 2 atom stereocenters. The highest BCUT2D eigenvalue weighted by atomic mass is 32.2. The fraction of sp³-hybridized carbons (Fsp3) is 0.611. The molecule has 0 radical (unpaired) electrons. The SMILES string of the molecule is CC(C)(C)OC(=O)N1CC2(CNCCO2)C1S(=O)(=O)c1ccc(OC(F)F)cc1. The second-order valence-electron chi connectivity index (χ2n) is 7.95. The third-order valence-electron chi connectivity index (χ3n) is 4.56. The van der Waals surface area contributed by atoms with Crippen LogP contribution in [-0.4, -0.2) is 68.8 Å². The highest BCUT2D eigenvalue weighted by molar-refractivity contribution is 7.92. The van der Waals surface area contributed by atoms with Crippen molar-refractivity contribution in [2.24, 2.45) is 0 Å². The van der Waals surface area contributed by atoms with Gasteiger partial charge >= 0.3 is 12.7 Å². The van der Waals surface area contributed by atoms with Gasteiger partial charge in [-0.3, -0.25) is 4.90 Å². The second kappa shape index (κ2) is 7.69. The number of hydrogen-bond acceptors (Lipinski definition) is 7. The number of carbonyl (C=O) groups excluding carboxylic acids is 1. The number of hydrogen-bond donors (Lipinski definition) is 1. The fourth-order valence-corrected chi connectivity index (χ4v) is 5.49. The minimum Gasteiger partial charge on any atom is -0.444 e. The van der Waals surface area contributed by atoms with Crippen LogP contribution >= 0.6 is 0 Å². The van der Waals surface area contributed by atoms with Crippen molar-refractivity contribution in [3.05, 3.63) is 24.3 Å². The zero-order chi connectivity index (χ0) is 21.4. The number of benzene rings is 1. The van der Waals surface area contributed by atoms with Gasteiger partial charge in [0.15, 0.2) is 5.37 Å². The lowest BCUT2D eigenvalue weighted by Gasteiger charge is -2.56. The van der Waals surface area contributed by atoms with Crippen LogP contribution in [-0.2, 0) is 19.3 Å². The average Bonchev–Trinajstić information content (AvgIpc) is 2.58. The number of rotatable bonds is 4. The van der Waals surface area contributed by atoms with Crippen LogP contribution in [0, 0.1) is 0 Å². The summed E-state index contributed by atoms with van der Waals surface area (Å²) < 4.78 is 66.8. The quantitative estimate of drug-likeness (QED) is 0.775. The zero-order valence-corrected chi connectivity index (χ0v) is 17.2. The Morgan fingerprint density at radius 2 is 1.97 bits per heavy atom. The molecule has 1 N–H and O–H groups in total. The summed E-state index contributed by atoms with van der Waals surface area (Å²) in [4.78, 5) is 13.6. The third kappa shape index (κ3) is 4.46. The average molecular weight is 434 g/mol. The minimum absolute atomic E-state index is 0.0609. The van der Waals surface area contributed by atoms with Crippen LogP contribution in [0.25, 0.3) is 0 Å². The normalized spacial score (nSPS) is 25.0. The summed E-state index contributed by atoms with van der Waals surface area (Å²) in [5.74, 6) is -0.165. The number of amides is 1. The third-order valence-corrected chi connectivity index (χ3v) is 6.76. The molecule has 3 rings (SSSR count). The summed E-state index contributed by atoms with van der Waals surface area (Å²) in [6.07, 6.45) is -0.761. The van der Waals surface area contributed by atoms with Gasteiger partial charge in [-0.2, -0.15) is 8.78 Å². The number of likely N-dealkylation sites (tertiary alicyclic amines) is 1. The van der Waals surface area contributed by atoms with E-state index in [1.54, 1.807) is 20.8 Å². The van der Waals surface area contributed by atoms with E-state index in [0.717, 1.165) is 17.0 Å². The predicted molar refractivity (Wildman–Crippen MR) is 98.5 cm³/mol. The topological polar surface area (TPSA) is 94.2 Å². The van der Waals surface area contributed by atoms with Crippen LogP contribution < -0.4 is 10.1 Å². The van der Waals surface area contributed by atoms with Crippen LogP contribution in [0.1, 0.15) is 20.8 Å². The van der Waals surface area contributed by atoms with Crippen LogP contribution in [0.5, 0.6) is 5.75 Å². The predicted octanol–water partition coefficient (Wildman–Crippen LogP) is 2.00. The van der Waals surface area contributed by atoms with E-state index < -0.39 is 39.1 Å². The molecule has 0 aliphatic carbocycles. The number of nitrogens with zero attached hydrogens (tertiary/aromatic N) is 1. The van der Waals surface area contributed by atoms with E-state index in [-0.39, 0.29) is 23.7 Å². The first-order valence-corrected chi connectivity index (χ1v) is 10.6. The molecule has 8 nitrogen and oxygen atoms in total. The van der Waals surface area contributed by atoms with Crippen molar-refractivity contribution in [2.45, 2.75) is 48.9 Å². The van der Waals surface area contributed by atoms with E-state index in [2.05, 4.69) is 10.1 Å². The van der Waals surface area contributed by atoms with Crippen molar-refractivity contribution in [2.75, 3.05) is 26.2 Å². The summed E-state index contributed by atoms with van der Waals surface area (Å²) in [7, 11) is -4.09. The molecule has 11 heteroatoms. The molecule has 1 aromatic carbocycles. The molecular formula is C18H24F2N2O6S. The van der Waals surface area contributed by atoms with Gasteiger partial charge in [0.2, 0.25) is 9.84 Å². The molecule has 2 saturated heterocycles. The molecule has 2 unspecified atom stereocenters. The summed E-state index contributed by atoms with van der Waals surface area (Å²) in [6.45, 7) is 3.22. The van der Waals surface area contributed by atoms with Gasteiger partial charge in [0.05, 0.1) is 18.0 Å². The van der Waals surface area contributed by atoms with Crippen LogP contribution in [0.4, 0.5) is 13.6 Å². The molecule has 29 heavy (non-hydrogen) atoms. The standard InChI is InChI=1S/C18H24F2N2O6S/c1-17(2,3)28-16(23)22-11-18(10-21-8-9-26-18)14(22)29(24,25)13-6-4-12(5-7-13)27-15(19)20/h4-7,14-15,21H,8-11H2,1-3H3. The first kappa shape index (κ1) is 21.7. The van der Waals surface area contributed by atoms with E-state index in [1.807, 2.05) is 0 Å². The molecule has 2 heterocycles. The maximum atomic E-state index is 13.4. The Morgan fingerprint density at radius 1 is 1.31 bits per heavy atom. The number of halogens is 2. The van der Waals surface area contributed by atoms with Crippen LogP contribution in [0.2, 0.25) is 0 Å². The van der Waals surface area contributed by atoms with E-state index in [0.29, 0.717) is 13.2 Å². The Hall–Kier alpha value is -1.98. The molecule has 2 aliphatic rings. The molecule has 1 amide bonds. The zero-order valence-electron chi connectivity index (χ0n) is 16.4. The molecule has 2 fully saturated rings. The van der Waals surface area contributed by atoms with Crippen molar-refractivity contribution in [3.63, 3.8) is 0 Å². The van der Waals surface area contributed by atoms with E-state index >= 15 is 0 Å². The van der Waals surface area contributed by atoms with Gasteiger partial charge in [-0.15, -0.1) is 0 Å². The first-order valence-electron chi connectivity index (χ1n) is 9.08. The molecule has 0 saturated carbocycles. The molecule has 1 aromatic rings. The summed E-state index contributed by atoms with van der Waals surface area (Å²) in [5, 5.41) is 1.79. The van der Waals surface area contributed by atoms with Gasteiger partial charge in [-0.05, 0) is 45.0 Å². The first-order chi connectivity index (χ1) is 13.4. The van der Waals surface area contributed by atoms with Crippen molar-refractivity contribution >= 4 is 15.9 Å². The number of nitrogens with one attached hydrogen (secondary N) is 1. The largest absolute Gasteiger partial charge is 0.444 e. The van der Waals surface area contributed by atoms with Crippen LogP contribution in [0.3, 0.4) is 0 Å². The van der Waals surface area contributed by atoms with Gasteiger partial charge in [-0.1, -0.05) is 0 Å². The smallest absolute Gasteiger partial charge is 0.411 e. The van der Waals surface area contributed by atoms with Gasteiger partial charge in [-0.25, -0.2) is 13.2 Å². The van der Waals surface area contributed by atoms with Gasteiger partial charge in [0, 0.05) is 13.1 Å². The lowest BCUT2D eigenvalue weighted by molar-refractivity contribution is -0.165. The fourth-order valence-electron chi connectivity index (χ4n) is 3.43. The van der Waals surface area contributed by atoms with Crippen molar-refractivity contribution < 1.29 is 36.2 Å². The number of carbonyl (C=O) groups is 1. The lowest BCUT2D eigenvalue weighted by Crippen LogP contribution is -2.79. The summed E-state index contributed by atoms with van der Waals surface area (Å²) in [6, 6.07) is 4.62. The molecule has 162 valence electrons. The molecule has 0 bridgehead atoms. The number of ether oxygens (including phenoxy) is 3. The Balaban J connectivity index is 1.91. The maximum Gasteiger partial charge on any atom is 0.411 e. The molecule has 0 aromatic heterocycles. The Labute approximate surface area is 168 Å². The lowest BCUT2D eigenvalue weighted by atomic mass is 9.92. The number of morpholine rings is 1. The second-order valence-corrected chi connectivity index (χ2v) is 9.95. The van der Waals surface area contributed by atoms with Crippen molar-refractivity contribution in [1.82, 2.24) is 10.2 Å². The Kier molecular flexibility index (Phi) is 5.76. The van der Waals surface area contributed by atoms with E-state index in [4.69, 9.17) is 9.47 Å². The van der Waals surface area contributed by atoms with Gasteiger partial charge in [0.25, 0.3) is 0 Å². The Bertz CT molecular complexity index is 848. The van der Waals surface area contributed by atoms with Crippen molar-refractivity contribution in [3.8, 4) is 5.75 Å². The Morgan fingerprint density at radius 3 is 2.48 bits per heavy atom.